The van der Waals surface area contributed by atoms with Crippen molar-refractivity contribution in [3.8, 4) is 0 Å². The minimum Gasteiger partial charge on any atom is -0.448 e. The molecular weight excluding hydrogens is 398 g/mol. The Kier molecular flexibility index (Phi) is 6.09. The van der Waals surface area contributed by atoms with Crippen molar-refractivity contribution < 1.29 is 22.7 Å². The van der Waals surface area contributed by atoms with Crippen molar-refractivity contribution in [2.24, 2.45) is 0 Å². The van der Waals surface area contributed by atoms with Crippen LogP contribution in [-0.2, 0) is 19.6 Å². The van der Waals surface area contributed by atoms with Crippen molar-refractivity contribution in [3.05, 3.63) is 42.4 Å². The molecule has 2 heterocycles. The molecule has 1 aromatic carbocycles. The van der Waals surface area contributed by atoms with Gasteiger partial charge < -0.3 is 15.8 Å². The second-order valence-electron chi connectivity index (χ2n) is 6.46. The summed E-state index contributed by atoms with van der Waals surface area (Å²) in [4.78, 5) is 32.0. The maximum absolute atomic E-state index is 12.5. The van der Waals surface area contributed by atoms with E-state index in [2.05, 4.69) is 15.3 Å². The van der Waals surface area contributed by atoms with Crippen LogP contribution >= 0.6 is 0 Å². The molecule has 11 heteroatoms. The third-order valence-corrected chi connectivity index (χ3v) is 6.31. The zero-order valence-corrected chi connectivity index (χ0v) is 16.6. The topological polar surface area (TPSA) is 145 Å². The number of anilines is 2. The average Bonchev–Trinajstić information content (AvgIpc) is 3.24. The fourth-order valence-corrected chi connectivity index (χ4v) is 4.32. The van der Waals surface area contributed by atoms with Gasteiger partial charge in [0.1, 0.15) is 0 Å². The van der Waals surface area contributed by atoms with Crippen molar-refractivity contribution in [1.29, 1.82) is 0 Å². The van der Waals surface area contributed by atoms with Gasteiger partial charge in [-0.1, -0.05) is 0 Å². The first-order valence-corrected chi connectivity index (χ1v) is 10.4. The Morgan fingerprint density at radius 3 is 2.38 bits per heavy atom. The zero-order chi connectivity index (χ0) is 21.0. The number of hydrogen-bond acceptors (Lipinski definition) is 8. The van der Waals surface area contributed by atoms with E-state index in [0.29, 0.717) is 18.8 Å². The number of sulfonamides is 1. The molecule has 3 rings (SSSR count). The van der Waals surface area contributed by atoms with E-state index in [1.807, 2.05) is 0 Å². The first-order valence-electron chi connectivity index (χ1n) is 8.97. The minimum absolute atomic E-state index is 0.0973. The Morgan fingerprint density at radius 1 is 1.14 bits per heavy atom. The third kappa shape index (κ3) is 4.69. The van der Waals surface area contributed by atoms with Crippen LogP contribution in [0.1, 0.15) is 30.3 Å². The number of ether oxygens (including phenoxy) is 1. The minimum atomic E-state index is -3.52. The summed E-state index contributed by atoms with van der Waals surface area (Å²) in [6.45, 7) is 2.42. The van der Waals surface area contributed by atoms with Gasteiger partial charge in [-0.3, -0.25) is 4.79 Å². The van der Waals surface area contributed by atoms with Gasteiger partial charge >= 0.3 is 5.97 Å². The molecule has 154 valence electrons. The van der Waals surface area contributed by atoms with Crippen LogP contribution in [-0.4, -0.2) is 53.8 Å². The highest BCUT2D eigenvalue weighted by molar-refractivity contribution is 7.89. The fourth-order valence-electron chi connectivity index (χ4n) is 2.81. The highest BCUT2D eigenvalue weighted by Crippen LogP contribution is 2.22. The number of aromatic nitrogens is 2. The van der Waals surface area contributed by atoms with Crippen molar-refractivity contribution in [2.75, 3.05) is 24.1 Å². The monoisotopic (exact) mass is 419 g/mol. The zero-order valence-electron chi connectivity index (χ0n) is 15.7. The van der Waals surface area contributed by atoms with Crippen LogP contribution in [0.4, 0.5) is 11.5 Å². The molecule has 1 atom stereocenters. The number of esters is 1. The van der Waals surface area contributed by atoms with Gasteiger partial charge in [0.15, 0.2) is 17.6 Å². The summed E-state index contributed by atoms with van der Waals surface area (Å²) in [5.41, 5.74) is 5.76. The number of carbonyl (C=O) groups is 2. The predicted octanol–water partition coefficient (Wildman–Crippen LogP) is 1.03. The molecule has 0 radical (unpaired) electrons. The molecule has 0 saturated carbocycles. The van der Waals surface area contributed by atoms with Gasteiger partial charge in [-0.2, -0.15) is 4.31 Å². The average molecular weight is 419 g/mol. The van der Waals surface area contributed by atoms with Gasteiger partial charge in [0.05, 0.1) is 4.90 Å². The van der Waals surface area contributed by atoms with Crippen LogP contribution < -0.4 is 11.1 Å². The number of amides is 1. The largest absolute Gasteiger partial charge is 0.448 e. The lowest BCUT2D eigenvalue weighted by Gasteiger charge is -2.16. The molecule has 1 aliphatic heterocycles. The SMILES string of the molecule is C[C@H](OC(=O)c1nccnc1N)C(=O)Nc1ccc(S(=O)(=O)N2CCCC2)cc1. The van der Waals surface area contributed by atoms with Crippen LogP contribution in [0.5, 0.6) is 0 Å². The number of nitrogens with one attached hydrogen (secondary N) is 1. The van der Waals surface area contributed by atoms with Gasteiger partial charge in [-0.25, -0.2) is 23.2 Å². The molecule has 0 unspecified atom stereocenters. The molecule has 1 saturated heterocycles. The molecule has 0 bridgehead atoms. The van der Waals surface area contributed by atoms with Crippen LogP contribution in [0, 0.1) is 0 Å². The van der Waals surface area contributed by atoms with Crippen molar-refractivity contribution in [2.45, 2.75) is 30.8 Å². The summed E-state index contributed by atoms with van der Waals surface area (Å²) in [6, 6.07) is 5.83. The lowest BCUT2D eigenvalue weighted by molar-refractivity contribution is -0.123. The Bertz CT molecular complexity index is 1000. The Balaban J connectivity index is 1.61. The first kappa shape index (κ1) is 20.7. The van der Waals surface area contributed by atoms with E-state index in [1.165, 1.54) is 47.9 Å². The number of nitrogens with two attached hydrogens (primary N) is 1. The highest BCUT2D eigenvalue weighted by atomic mass is 32.2. The molecular formula is C18H21N5O5S. The van der Waals surface area contributed by atoms with E-state index >= 15 is 0 Å². The molecule has 0 spiro atoms. The van der Waals surface area contributed by atoms with Gasteiger partial charge in [-0.05, 0) is 44.0 Å². The number of rotatable bonds is 6. The summed E-state index contributed by atoms with van der Waals surface area (Å²) in [7, 11) is -3.52. The van der Waals surface area contributed by atoms with Crippen molar-refractivity contribution >= 4 is 33.4 Å². The van der Waals surface area contributed by atoms with Crippen LogP contribution in [0.25, 0.3) is 0 Å². The number of carbonyl (C=O) groups excluding carboxylic acids is 2. The highest BCUT2D eigenvalue weighted by Gasteiger charge is 2.27. The van der Waals surface area contributed by atoms with Gasteiger partial charge in [0, 0.05) is 31.2 Å². The molecule has 29 heavy (non-hydrogen) atoms. The van der Waals surface area contributed by atoms with Gasteiger partial charge in [0.25, 0.3) is 5.91 Å². The second kappa shape index (κ2) is 8.53. The number of nitrogens with zero attached hydrogens (tertiary/aromatic N) is 3. The number of hydrogen-bond donors (Lipinski definition) is 2. The molecule has 1 aliphatic rings. The summed E-state index contributed by atoms with van der Waals surface area (Å²) in [5, 5.41) is 2.57. The van der Waals surface area contributed by atoms with E-state index in [4.69, 9.17) is 10.5 Å². The van der Waals surface area contributed by atoms with E-state index in [9.17, 15) is 18.0 Å². The maximum atomic E-state index is 12.5. The second-order valence-corrected chi connectivity index (χ2v) is 8.40. The normalized spacial score (nSPS) is 15.6. The molecule has 1 fully saturated rings. The summed E-state index contributed by atoms with van der Waals surface area (Å²) < 4.78 is 31.5. The van der Waals surface area contributed by atoms with E-state index < -0.39 is 28.0 Å². The maximum Gasteiger partial charge on any atom is 0.361 e. The summed E-state index contributed by atoms with van der Waals surface area (Å²) >= 11 is 0. The standard InChI is InChI=1S/C18H21N5O5S/c1-12(28-18(25)15-16(19)21-9-8-20-15)17(24)22-13-4-6-14(7-5-13)29(26,27)23-10-2-3-11-23/h4-9,12H,2-3,10-11H2,1H3,(H2,19,21)(H,22,24)/t12-/m0/s1. The summed E-state index contributed by atoms with van der Waals surface area (Å²) in [6.07, 6.45) is 3.19. The molecule has 3 N–H and O–H groups in total. The first-order chi connectivity index (χ1) is 13.8. The van der Waals surface area contributed by atoms with E-state index in [1.54, 1.807) is 0 Å². The molecule has 0 aliphatic carbocycles. The molecule has 1 amide bonds. The van der Waals surface area contributed by atoms with Crippen LogP contribution in [0.2, 0.25) is 0 Å². The number of nitrogen functional groups attached to an aromatic ring is 1. The lowest BCUT2D eigenvalue weighted by atomic mass is 10.3. The fraction of sp³-hybridized carbons (Fsp3) is 0.333. The van der Waals surface area contributed by atoms with Crippen LogP contribution in [0.3, 0.4) is 0 Å². The van der Waals surface area contributed by atoms with Crippen molar-refractivity contribution in [3.63, 3.8) is 0 Å². The van der Waals surface area contributed by atoms with E-state index in [0.717, 1.165) is 12.8 Å². The number of benzene rings is 1. The smallest absolute Gasteiger partial charge is 0.361 e. The molecule has 10 nitrogen and oxygen atoms in total. The van der Waals surface area contributed by atoms with Gasteiger partial charge in [0.2, 0.25) is 10.0 Å². The third-order valence-electron chi connectivity index (χ3n) is 4.40. The predicted molar refractivity (Wildman–Crippen MR) is 104 cm³/mol. The Morgan fingerprint density at radius 2 is 1.76 bits per heavy atom. The Hall–Kier alpha value is -3.05. The van der Waals surface area contributed by atoms with E-state index in [-0.39, 0.29) is 16.4 Å². The Labute approximate surface area is 168 Å². The molecule has 1 aromatic heterocycles. The van der Waals surface area contributed by atoms with Crippen molar-refractivity contribution in [1.82, 2.24) is 14.3 Å². The summed E-state index contributed by atoms with van der Waals surface area (Å²) in [5.74, 6) is -1.55. The lowest BCUT2D eigenvalue weighted by Crippen LogP contribution is -2.30. The molecule has 2 aromatic rings. The quantitative estimate of drug-likeness (QED) is 0.661. The van der Waals surface area contributed by atoms with Crippen LogP contribution in [0.15, 0.2) is 41.6 Å². The van der Waals surface area contributed by atoms with Gasteiger partial charge in [-0.15, -0.1) is 0 Å².